The molecule has 0 amide bonds. The molecule has 0 aliphatic carbocycles. The predicted molar refractivity (Wildman–Crippen MR) is 81.9 cm³/mol. The molecule has 6 heteroatoms. The fourth-order valence-electron chi connectivity index (χ4n) is 1.71. The molecular formula is C14H17N3O2S. The van der Waals surface area contributed by atoms with Gasteiger partial charge in [-0.2, -0.15) is 0 Å². The van der Waals surface area contributed by atoms with Gasteiger partial charge in [0.25, 0.3) is 0 Å². The number of rotatable bonds is 4. The molecule has 0 saturated heterocycles. The minimum absolute atomic E-state index is 0.443. The Balaban J connectivity index is 2.12. The summed E-state index contributed by atoms with van der Waals surface area (Å²) in [6.45, 7) is 4.11. The lowest BCUT2D eigenvalue weighted by Gasteiger charge is -2.09. The largest absolute Gasteiger partial charge is 0.340 e. The molecule has 0 radical (unpaired) electrons. The summed E-state index contributed by atoms with van der Waals surface area (Å²) in [7, 11) is -3.27. The third-order valence-electron chi connectivity index (χ3n) is 2.85. The number of aromatic nitrogens is 1. The molecule has 0 atom stereocenters. The van der Waals surface area contributed by atoms with Crippen molar-refractivity contribution < 1.29 is 8.42 Å². The second kappa shape index (κ2) is 5.50. The van der Waals surface area contributed by atoms with Gasteiger partial charge in [0.1, 0.15) is 5.82 Å². The summed E-state index contributed by atoms with van der Waals surface area (Å²) in [4.78, 5) is 4.17. The monoisotopic (exact) mass is 291 g/mol. The lowest BCUT2D eigenvalue weighted by atomic mass is 10.1. The summed E-state index contributed by atoms with van der Waals surface area (Å²) in [6.07, 6.45) is 2.58. The van der Waals surface area contributed by atoms with Crippen LogP contribution in [0.25, 0.3) is 0 Å². The van der Waals surface area contributed by atoms with Crippen molar-refractivity contribution in [1.29, 1.82) is 0 Å². The molecule has 0 saturated carbocycles. The predicted octanol–water partition coefficient (Wildman–Crippen LogP) is 2.81. The second-order valence-corrected chi connectivity index (χ2v) is 6.48. The van der Waals surface area contributed by atoms with Crippen molar-refractivity contribution in [3.63, 3.8) is 0 Å². The van der Waals surface area contributed by atoms with Crippen molar-refractivity contribution in [3.05, 3.63) is 47.7 Å². The van der Waals surface area contributed by atoms with E-state index in [-0.39, 0.29) is 0 Å². The van der Waals surface area contributed by atoms with E-state index in [1.807, 2.05) is 25.1 Å². The quantitative estimate of drug-likeness (QED) is 0.908. The van der Waals surface area contributed by atoms with Crippen LogP contribution in [0.1, 0.15) is 11.1 Å². The molecule has 1 aromatic heterocycles. The lowest BCUT2D eigenvalue weighted by molar-refractivity contribution is 0.607. The third kappa shape index (κ3) is 3.96. The first-order chi connectivity index (χ1) is 9.33. The smallest absolute Gasteiger partial charge is 0.229 e. The Labute approximate surface area is 119 Å². The molecule has 0 fully saturated rings. The maximum atomic E-state index is 11.1. The summed E-state index contributed by atoms with van der Waals surface area (Å²) < 4.78 is 24.6. The Hall–Kier alpha value is -2.08. The molecule has 5 nitrogen and oxygen atoms in total. The maximum Gasteiger partial charge on any atom is 0.229 e. The van der Waals surface area contributed by atoms with Gasteiger partial charge in [0, 0.05) is 5.69 Å². The number of anilines is 3. The van der Waals surface area contributed by atoms with Crippen LogP contribution < -0.4 is 10.0 Å². The van der Waals surface area contributed by atoms with Crippen LogP contribution >= 0.6 is 0 Å². The van der Waals surface area contributed by atoms with E-state index in [1.54, 1.807) is 12.1 Å². The summed E-state index contributed by atoms with van der Waals surface area (Å²) in [5.41, 5.74) is 3.82. The molecule has 0 aliphatic heterocycles. The van der Waals surface area contributed by atoms with Crippen molar-refractivity contribution >= 4 is 27.2 Å². The van der Waals surface area contributed by atoms with Gasteiger partial charge in [0.05, 0.1) is 18.1 Å². The van der Waals surface area contributed by atoms with Crippen LogP contribution in [0.4, 0.5) is 17.2 Å². The Morgan fingerprint density at radius 2 is 1.70 bits per heavy atom. The highest BCUT2D eigenvalue weighted by atomic mass is 32.2. The third-order valence-corrected chi connectivity index (χ3v) is 3.45. The number of sulfonamides is 1. The molecule has 0 unspecified atom stereocenters. The maximum absolute atomic E-state index is 11.1. The van der Waals surface area contributed by atoms with Gasteiger partial charge in [-0.1, -0.05) is 6.07 Å². The molecule has 2 N–H and O–H groups in total. The minimum Gasteiger partial charge on any atom is -0.340 e. The first kappa shape index (κ1) is 14.3. The molecule has 20 heavy (non-hydrogen) atoms. The van der Waals surface area contributed by atoms with Gasteiger partial charge in [-0.05, 0) is 49.2 Å². The van der Waals surface area contributed by atoms with E-state index in [4.69, 9.17) is 0 Å². The Morgan fingerprint density at radius 1 is 1.00 bits per heavy atom. The second-order valence-electron chi connectivity index (χ2n) is 4.73. The number of pyridine rings is 1. The highest BCUT2D eigenvalue weighted by Gasteiger charge is 2.03. The topological polar surface area (TPSA) is 71.1 Å². The molecule has 1 aromatic carbocycles. The number of hydrogen-bond donors (Lipinski definition) is 2. The van der Waals surface area contributed by atoms with Crippen molar-refractivity contribution in [2.45, 2.75) is 13.8 Å². The van der Waals surface area contributed by atoms with Crippen LogP contribution in [0, 0.1) is 13.8 Å². The lowest BCUT2D eigenvalue weighted by Crippen LogP contribution is -2.09. The number of nitrogens with one attached hydrogen (secondary N) is 2. The van der Waals surface area contributed by atoms with Gasteiger partial charge in [0.2, 0.25) is 10.0 Å². The fraction of sp³-hybridized carbons (Fsp3) is 0.214. The normalized spacial score (nSPS) is 11.2. The van der Waals surface area contributed by atoms with E-state index in [0.29, 0.717) is 11.5 Å². The molecule has 2 aromatic rings. The van der Waals surface area contributed by atoms with Crippen molar-refractivity contribution in [2.75, 3.05) is 16.3 Å². The van der Waals surface area contributed by atoms with Crippen LogP contribution in [-0.2, 0) is 10.0 Å². The van der Waals surface area contributed by atoms with Gasteiger partial charge in [0.15, 0.2) is 0 Å². The van der Waals surface area contributed by atoms with Crippen molar-refractivity contribution in [1.82, 2.24) is 4.98 Å². The highest BCUT2D eigenvalue weighted by Crippen LogP contribution is 2.19. The Morgan fingerprint density at radius 3 is 2.25 bits per heavy atom. The average Bonchev–Trinajstić information content (AvgIpc) is 2.35. The van der Waals surface area contributed by atoms with Gasteiger partial charge < -0.3 is 5.32 Å². The molecule has 106 valence electrons. The van der Waals surface area contributed by atoms with Gasteiger partial charge >= 0.3 is 0 Å². The van der Waals surface area contributed by atoms with E-state index >= 15 is 0 Å². The van der Waals surface area contributed by atoms with Crippen molar-refractivity contribution in [3.8, 4) is 0 Å². The van der Waals surface area contributed by atoms with Gasteiger partial charge in [-0.3, -0.25) is 4.72 Å². The molecular weight excluding hydrogens is 274 g/mol. The average molecular weight is 291 g/mol. The Kier molecular flexibility index (Phi) is 3.94. The van der Waals surface area contributed by atoms with E-state index in [2.05, 4.69) is 21.9 Å². The first-order valence-electron chi connectivity index (χ1n) is 6.11. The zero-order chi connectivity index (χ0) is 14.8. The number of nitrogens with zero attached hydrogens (tertiary/aromatic N) is 1. The highest BCUT2D eigenvalue weighted by molar-refractivity contribution is 7.92. The molecule has 2 rings (SSSR count). The van der Waals surface area contributed by atoms with E-state index in [9.17, 15) is 8.42 Å². The zero-order valence-electron chi connectivity index (χ0n) is 11.6. The number of aryl methyl sites for hydroxylation is 2. The summed E-state index contributed by atoms with van der Waals surface area (Å²) in [6, 6.07) is 9.45. The summed E-state index contributed by atoms with van der Waals surface area (Å²) >= 11 is 0. The number of hydrogen-bond acceptors (Lipinski definition) is 4. The fourth-order valence-corrected chi connectivity index (χ4v) is 2.26. The summed E-state index contributed by atoms with van der Waals surface area (Å²) in [5, 5.41) is 3.17. The number of benzene rings is 1. The first-order valence-corrected chi connectivity index (χ1v) is 8.01. The molecule has 0 bridgehead atoms. The minimum atomic E-state index is -3.27. The zero-order valence-corrected chi connectivity index (χ0v) is 12.5. The standard InChI is InChI=1S/C14H17N3O2S/c1-10-4-5-12(8-11(10)2)16-14-7-6-13(9-15-14)17-20(3,18)19/h4-9,17H,1-3H3,(H,15,16). The van der Waals surface area contributed by atoms with E-state index < -0.39 is 10.0 Å². The van der Waals surface area contributed by atoms with Crippen LogP contribution in [0.5, 0.6) is 0 Å². The van der Waals surface area contributed by atoms with E-state index in [1.165, 1.54) is 17.3 Å². The van der Waals surface area contributed by atoms with Crippen LogP contribution in [0.2, 0.25) is 0 Å². The van der Waals surface area contributed by atoms with Crippen LogP contribution in [0.15, 0.2) is 36.5 Å². The van der Waals surface area contributed by atoms with E-state index in [0.717, 1.165) is 11.9 Å². The summed E-state index contributed by atoms with van der Waals surface area (Å²) in [5.74, 6) is 0.660. The molecule has 0 aliphatic rings. The van der Waals surface area contributed by atoms with Gasteiger partial charge in [-0.15, -0.1) is 0 Å². The van der Waals surface area contributed by atoms with Crippen molar-refractivity contribution in [2.24, 2.45) is 0 Å². The SMILES string of the molecule is Cc1ccc(Nc2ccc(NS(C)(=O)=O)cn2)cc1C. The molecule has 1 heterocycles. The van der Waals surface area contributed by atoms with Crippen LogP contribution in [-0.4, -0.2) is 19.7 Å². The molecule has 0 spiro atoms. The van der Waals surface area contributed by atoms with Crippen LogP contribution in [0.3, 0.4) is 0 Å². The van der Waals surface area contributed by atoms with Gasteiger partial charge in [-0.25, -0.2) is 13.4 Å². The Bertz CT molecular complexity index is 710.